The summed E-state index contributed by atoms with van der Waals surface area (Å²) in [6.07, 6.45) is 5.44. The molecule has 0 saturated heterocycles. The minimum Gasteiger partial charge on any atom is -0.497 e. The molecule has 0 unspecified atom stereocenters. The molecular weight excluding hydrogens is 448 g/mol. The number of nitrogens with one attached hydrogen (secondary N) is 1. The van der Waals surface area contributed by atoms with E-state index < -0.39 is 5.54 Å². The van der Waals surface area contributed by atoms with Crippen LogP contribution < -0.4 is 10.1 Å². The van der Waals surface area contributed by atoms with Crippen molar-refractivity contribution in [3.63, 3.8) is 0 Å². The zero-order valence-corrected chi connectivity index (χ0v) is 20.4. The zero-order chi connectivity index (χ0) is 23.7. The van der Waals surface area contributed by atoms with Crippen LogP contribution in [0.15, 0.2) is 47.8 Å². The van der Waals surface area contributed by atoms with Gasteiger partial charge in [-0.2, -0.15) is 5.10 Å². The fraction of sp³-hybridized carbons (Fsp3) is 0.423. The van der Waals surface area contributed by atoms with Gasteiger partial charge in [-0.15, -0.1) is 11.3 Å². The van der Waals surface area contributed by atoms with Gasteiger partial charge in [-0.1, -0.05) is 37.5 Å². The molecular formula is C26H30N4O3S. The Balaban J connectivity index is 1.50. The van der Waals surface area contributed by atoms with E-state index in [0.29, 0.717) is 18.8 Å². The summed E-state index contributed by atoms with van der Waals surface area (Å²) >= 11 is 1.58. The first kappa shape index (κ1) is 22.7. The van der Waals surface area contributed by atoms with Crippen LogP contribution in [0.4, 0.5) is 0 Å². The molecule has 3 heterocycles. The lowest BCUT2D eigenvalue weighted by Crippen LogP contribution is -2.64. The van der Waals surface area contributed by atoms with Gasteiger partial charge in [0.1, 0.15) is 22.7 Å². The summed E-state index contributed by atoms with van der Waals surface area (Å²) in [4.78, 5) is 30.3. The molecule has 1 aliphatic heterocycles. The fourth-order valence-electron chi connectivity index (χ4n) is 4.98. The van der Waals surface area contributed by atoms with Crippen LogP contribution >= 0.6 is 11.3 Å². The first-order valence-electron chi connectivity index (χ1n) is 11.9. The highest BCUT2D eigenvalue weighted by molar-refractivity contribution is 7.13. The number of hydrogen-bond donors (Lipinski definition) is 1. The molecule has 0 spiro atoms. The fourth-order valence-corrected chi connectivity index (χ4v) is 5.66. The molecule has 1 aliphatic carbocycles. The van der Waals surface area contributed by atoms with Gasteiger partial charge in [-0.25, -0.2) is 0 Å². The summed E-state index contributed by atoms with van der Waals surface area (Å²) in [5, 5.41) is 9.97. The third-order valence-electron chi connectivity index (χ3n) is 6.98. The molecule has 34 heavy (non-hydrogen) atoms. The zero-order valence-electron chi connectivity index (χ0n) is 19.6. The lowest BCUT2D eigenvalue weighted by Gasteiger charge is -2.44. The molecule has 1 aromatic carbocycles. The van der Waals surface area contributed by atoms with Gasteiger partial charge in [0.05, 0.1) is 18.5 Å². The van der Waals surface area contributed by atoms with Crippen molar-refractivity contribution in [1.29, 1.82) is 0 Å². The second-order valence-electron chi connectivity index (χ2n) is 9.37. The van der Waals surface area contributed by atoms with E-state index in [1.54, 1.807) is 28.0 Å². The molecule has 1 N–H and O–H groups in total. The third kappa shape index (κ3) is 4.22. The number of fused-ring (bicyclic) bond motifs is 1. The average molecular weight is 479 g/mol. The first-order valence-corrected chi connectivity index (χ1v) is 12.7. The normalized spacial score (nSPS) is 20.8. The molecule has 7 nitrogen and oxygen atoms in total. The van der Waals surface area contributed by atoms with E-state index in [1.165, 1.54) is 6.42 Å². The van der Waals surface area contributed by atoms with E-state index >= 15 is 0 Å². The lowest BCUT2D eigenvalue weighted by atomic mass is 9.91. The van der Waals surface area contributed by atoms with Gasteiger partial charge in [0.15, 0.2) is 0 Å². The van der Waals surface area contributed by atoms with Gasteiger partial charge < -0.3 is 15.0 Å². The van der Waals surface area contributed by atoms with Crippen LogP contribution in [-0.4, -0.2) is 45.2 Å². The highest BCUT2D eigenvalue weighted by Crippen LogP contribution is 2.33. The molecule has 0 radical (unpaired) electrons. The Morgan fingerprint density at radius 2 is 2.03 bits per heavy atom. The molecule has 8 heteroatoms. The van der Waals surface area contributed by atoms with Crippen molar-refractivity contribution in [2.45, 2.75) is 63.7 Å². The molecule has 178 valence electrons. The van der Waals surface area contributed by atoms with Gasteiger partial charge >= 0.3 is 0 Å². The van der Waals surface area contributed by atoms with Gasteiger partial charge in [-0.05, 0) is 55.0 Å². The quantitative estimate of drug-likeness (QED) is 0.567. The number of methoxy groups -OCH3 is 1. The van der Waals surface area contributed by atoms with Crippen molar-refractivity contribution >= 4 is 23.2 Å². The van der Waals surface area contributed by atoms with Crippen molar-refractivity contribution in [3.8, 4) is 16.3 Å². The first-order chi connectivity index (χ1) is 16.5. The van der Waals surface area contributed by atoms with Crippen LogP contribution in [0, 0.1) is 0 Å². The number of rotatable bonds is 6. The molecule has 2 aliphatic rings. The predicted molar refractivity (Wildman–Crippen MR) is 132 cm³/mol. The average Bonchev–Trinajstić information content (AvgIpc) is 3.53. The van der Waals surface area contributed by atoms with Crippen molar-refractivity contribution in [3.05, 3.63) is 59.1 Å². The number of hydrogen-bond acceptors (Lipinski definition) is 5. The van der Waals surface area contributed by atoms with Gasteiger partial charge in [-0.3, -0.25) is 14.3 Å². The highest BCUT2D eigenvalue weighted by atomic mass is 32.1. The van der Waals surface area contributed by atoms with E-state index in [-0.39, 0.29) is 17.9 Å². The van der Waals surface area contributed by atoms with E-state index in [9.17, 15) is 9.59 Å². The number of nitrogens with zero attached hydrogens (tertiary/aromatic N) is 3. The Morgan fingerprint density at radius 3 is 2.76 bits per heavy atom. The minimum atomic E-state index is -1.07. The SMILES string of the molecule is COc1cccc(CN2C(=O)c3cc(-c4cccs4)nn3C[C@]2(C)C(=O)NC2CCCCC2)c1. The van der Waals surface area contributed by atoms with Gasteiger partial charge in [0.25, 0.3) is 5.91 Å². The van der Waals surface area contributed by atoms with Gasteiger partial charge in [0, 0.05) is 12.6 Å². The number of carbonyl (C=O) groups is 2. The van der Waals surface area contributed by atoms with E-state index in [2.05, 4.69) is 5.32 Å². The smallest absolute Gasteiger partial charge is 0.273 e. The second kappa shape index (κ2) is 9.25. The van der Waals surface area contributed by atoms with Crippen molar-refractivity contribution in [2.75, 3.05) is 7.11 Å². The van der Waals surface area contributed by atoms with Crippen molar-refractivity contribution in [1.82, 2.24) is 20.0 Å². The molecule has 5 rings (SSSR count). The Hall–Kier alpha value is -3.13. The Kier molecular flexibility index (Phi) is 6.16. The van der Waals surface area contributed by atoms with Crippen molar-refractivity contribution in [2.24, 2.45) is 0 Å². The maximum atomic E-state index is 13.8. The summed E-state index contributed by atoms with van der Waals surface area (Å²) in [6, 6.07) is 13.6. The van der Waals surface area contributed by atoms with Crippen LogP contribution in [0.3, 0.4) is 0 Å². The Labute approximate surface area is 203 Å². The predicted octanol–water partition coefficient (Wildman–Crippen LogP) is 4.48. The molecule has 1 fully saturated rings. The minimum absolute atomic E-state index is 0.116. The van der Waals surface area contributed by atoms with Crippen LogP contribution in [0.5, 0.6) is 5.75 Å². The van der Waals surface area contributed by atoms with Crippen LogP contribution in [-0.2, 0) is 17.9 Å². The van der Waals surface area contributed by atoms with Crippen LogP contribution in [0.2, 0.25) is 0 Å². The number of thiophene rings is 1. The number of benzene rings is 1. The highest BCUT2D eigenvalue weighted by Gasteiger charge is 2.48. The van der Waals surface area contributed by atoms with Crippen LogP contribution in [0.25, 0.3) is 10.6 Å². The Morgan fingerprint density at radius 1 is 1.21 bits per heavy atom. The summed E-state index contributed by atoms with van der Waals surface area (Å²) in [5.41, 5.74) is 1.12. The number of amides is 2. The lowest BCUT2D eigenvalue weighted by molar-refractivity contribution is -0.134. The number of aromatic nitrogens is 2. The maximum Gasteiger partial charge on any atom is 0.273 e. The summed E-state index contributed by atoms with van der Waals surface area (Å²) in [5.74, 6) is 0.417. The molecule has 1 atom stereocenters. The van der Waals surface area contributed by atoms with E-state index in [1.807, 2.05) is 54.8 Å². The molecule has 2 aromatic heterocycles. The standard InChI is InChI=1S/C26H30N4O3S/c1-26(25(32)27-19-9-4-3-5-10-19)17-30-22(15-21(28-30)23-12-7-13-34-23)24(31)29(26)16-18-8-6-11-20(14-18)33-2/h6-8,11-15,19H,3-5,9-10,16-17H2,1-2H3,(H,27,32)/t26-/m1/s1. The summed E-state index contributed by atoms with van der Waals surface area (Å²) in [7, 11) is 1.62. The third-order valence-corrected chi connectivity index (χ3v) is 7.87. The molecule has 1 saturated carbocycles. The summed E-state index contributed by atoms with van der Waals surface area (Å²) in [6.45, 7) is 2.48. The van der Waals surface area contributed by atoms with Gasteiger partial charge in [0.2, 0.25) is 5.91 Å². The maximum absolute atomic E-state index is 13.8. The second-order valence-corrected chi connectivity index (χ2v) is 10.3. The topological polar surface area (TPSA) is 76.5 Å². The van der Waals surface area contributed by atoms with E-state index in [0.717, 1.165) is 47.6 Å². The molecule has 0 bridgehead atoms. The van der Waals surface area contributed by atoms with Crippen LogP contribution in [0.1, 0.15) is 55.1 Å². The monoisotopic (exact) mass is 478 g/mol. The summed E-state index contributed by atoms with van der Waals surface area (Å²) < 4.78 is 7.08. The largest absolute Gasteiger partial charge is 0.497 e. The van der Waals surface area contributed by atoms with E-state index in [4.69, 9.17) is 9.84 Å². The Bertz CT molecular complexity index is 1180. The number of carbonyl (C=O) groups excluding carboxylic acids is 2. The number of ether oxygens (including phenoxy) is 1. The molecule has 3 aromatic rings. The van der Waals surface area contributed by atoms with Crippen molar-refractivity contribution < 1.29 is 14.3 Å². The molecule has 2 amide bonds.